The Kier molecular flexibility index (Phi) is 4.25. The molecule has 2 rings (SSSR count). The highest BCUT2D eigenvalue weighted by Gasteiger charge is 2.14. The third kappa shape index (κ3) is 3.48. The quantitative estimate of drug-likeness (QED) is 0.777. The molecule has 0 radical (unpaired) electrons. The van der Waals surface area contributed by atoms with Crippen molar-refractivity contribution < 1.29 is 0 Å². The number of nitriles is 1. The Morgan fingerprint density at radius 3 is 2.05 bits per heavy atom. The van der Waals surface area contributed by atoms with Crippen LogP contribution in [-0.4, -0.2) is 0 Å². The van der Waals surface area contributed by atoms with Gasteiger partial charge in [0.2, 0.25) is 0 Å². The first-order valence-corrected chi connectivity index (χ1v) is 7.04. The van der Waals surface area contributed by atoms with Gasteiger partial charge in [0.05, 0.1) is 12.0 Å². The maximum absolute atomic E-state index is 9.37. The number of hydrogen-bond acceptors (Lipinski definition) is 1. The van der Waals surface area contributed by atoms with Crippen LogP contribution in [0.4, 0.5) is 0 Å². The van der Waals surface area contributed by atoms with E-state index < -0.39 is 0 Å². The van der Waals surface area contributed by atoms with Gasteiger partial charge in [0.15, 0.2) is 0 Å². The summed E-state index contributed by atoms with van der Waals surface area (Å²) in [5.74, 6) is -0.0725. The van der Waals surface area contributed by atoms with Gasteiger partial charge in [-0.25, -0.2) is 0 Å². The molecule has 1 atom stereocenters. The number of benzene rings is 2. The predicted octanol–water partition coefficient (Wildman–Crippen LogP) is 4.83. The van der Waals surface area contributed by atoms with Gasteiger partial charge in [0.1, 0.15) is 0 Å². The van der Waals surface area contributed by atoms with Gasteiger partial charge in [-0.2, -0.15) is 5.26 Å². The molecule has 0 saturated heterocycles. The lowest BCUT2D eigenvalue weighted by Crippen LogP contribution is -2.11. The standard InChI is InChI=1S/C19H21N/c1-19(2,3)18-11-9-15(10-12-18)13-17(14-20)16-7-5-4-6-8-16/h4-12,17H,13H2,1-3H3. The minimum Gasteiger partial charge on any atom is -0.198 e. The zero-order valence-corrected chi connectivity index (χ0v) is 12.4. The fourth-order valence-electron chi connectivity index (χ4n) is 2.30. The molecular formula is C19H21N. The fraction of sp³-hybridized carbons (Fsp3) is 0.316. The third-order valence-electron chi connectivity index (χ3n) is 3.62. The number of hydrogen-bond donors (Lipinski definition) is 0. The van der Waals surface area contributed by atoms with E-state index in [0.29, 0.717) is 0 Å². The molecule has 0 aromatic heterocycles. The van der Waals surface area contributed by atoms with E-state index in [1.807, 2.05) is 30.3 Å². The van der Waals surface area contributed by atoms with Crippen LogP contribution in [0.1, 0.15) is 43.4 Å². The molecule has 1 nitrogen and oxygen atoms in total. The summed E-state index contributed by atoms with van der Waals surface area (Å²) in [6, 6.07) is 21.1. The summed E-state index contributed by atoms with van der Waals surface area (Å²) in [6.07, 6.45) is 0.769. The zero-order chi connectivity index (χ0) is 14.6. The van der Waals surface area contributed by atoms with Crippen LogP contribution < -0.4 is 0 Å². The van der Waals surface area contributed by atoms with Gasteiger partial charge in [-0.15, -0.1) is 0 Å². The van der Waals surface area contributed by atoms with Crippen LogP contribution in [0.3, 0.4) is 0 Å². The predicted molar refractivity (Wildman–Crippen MR) is 83.6 cm³/mol. The van der Waals surface area contributed by atoms with E-state index in [9.17, 15) is 5.26 Å². The smallest absolute Gasteiger partial charge is 0.0753 e. The molecule has 0 saturated carbocycles. The van der Waals surface area contributed by atoms with E-state index in [2.05, 4.69) is 51.1 Å². The maximum Gasteiger partial charge on any atom is 0.0753 e. The lowest BCUT2D eigenvalue weighted by molar-refractivity contribution is 0.590. The molecular weight excluding hydrogens is 242 g/mol. The summed E-state index contributed by atoms with van der Waals surface area (Å²) >= 11 is 0. The highest BCUT2D eigenvalue weighted by Crippen LogP contribution is 2.24. The molecule has 0 aliphatic heterocycles. The van der Waals surface area contributed by atoms with Gasteiger partial charge in [0, 0.05) is 0 Å². The molecule has 20 heavy (non-hydrogen) atoms. The first kappa shape index (κ1) is 14.3. The first-order valence-electron chi connectivity index (χ1n) is 7.04. The van der Waals surface area contributed by atoms with Gasteiger partial charge >= 0.3 is 0 Å². The molecule has 0 heterocycles. The Morgan fingerprint density at radius 1 is 0.950 bits per heavy atom. The molecule has 0 N–H and O–H groups in total. The highest BCUT2D eigenvalue weighted by molar-refractivity contribution is 5.32. The summed E-state index contributed by atoms with van der Waals surface area (Å²) in [7, 11) is 0. The molecule has 0 aliphatic rings. The van der Waals surface area contributed by atoms with Crippen LogP contribution >= 0.6 is 0 Å². The first-order chi connectivity index (χ1) is 9.50. The second-order valence-corrected chi connectivity index (χ2v) is 6.24. The van der Waals surface area contributed by atoms with Crippen LogP contribution in [0.5, 0.6) is 0 Å². The average Bonchev–Trinajstić information content (AvgIpc) is 2.45. The minimum atomic E-state index is -0.0725. The van der Waals surface area contributed by atoms with Gasteiger partial charge in [-0.05, 0) is 28.5 Å². The number of nitrogens with zero attached hydrogens (tertiary/aromatic N) is 1. The van der Waals surface area contributed by atoms with Crippen molar-refractivity contribution in [2.45, 2.75) is 38.5 Å². The van der Waals surface area contributed by atoms with Crippen molar-refractivity contribution in [3.05, 3.63) is 71.3 Å². The Hall–Kier alpha value is -2.07. The van der Waals surface area contributed by atoms with Crippen LogP contribution in [0.2, 0.25) is 0 Å². The molecule has 1 heteroatoms. The van der Waals surface area contributed by atoms with Crippen molar-refractivity contribution in [2.24, 2.45) is 0 Å². The molecule has 0 bridgehead atoms. The lowest BCUT2D eigenvalue weighted by atomic mass is 9.85. The summed E-state index contributed by atoms with van der Waals surface area (Å²) in [5.41, 5.74) is 3.81. The second kappa shape index (κ2) is 5.92. The van der Waals surface area contributed by atoms with Gasteiger partial charge in [-0.1, -0.05) is 75.4 Å². The molecule has 0 aliphatic carbocycles. The van der Waals surface area contributed by atoms with E-state index in [1.54, 1.807) is 0 Å². The van der Waals surface area contributed by atoms with Crippen molar-refractivity contribution in [3.63, 3.8) is 0 Å². The van der Waals surface area contributed by atoms with Crippen molar-refractivity contribution in [2.75, 3.05) is 0 Å². The Balaban J connectivity index is 2.15. The summed E-state index contributed by atoms with van der Waals surface area (Å²) in [4.78, 5) is 0. The normalized spacial score (nSPS) is 12.7. The monoisotopic (exact) mass is 263 g/mol. The van der Waals surface area contributed by atoms with Gasteiger partial charge in [0.25, 0.3) is 0 Å². The van der Waals surface area contributed by atoms with Crippen LogP contribution in [0.25, 0.3) is 0 Å². The Labute approximate surface area is 121 Å². The van der Waals surface area contributed by atoms with Crippen molar-refractivity contribution >= 4 is 0 Å². The molecule has 2 aromatic rings. The fourth-order valence-corrected chi connectivity index (χ4v) is 2.30. The van der Waals surface area contributed by atoms with Crippen molar-refractivity contribution in [1.82, 2.24) is 0 Å². The molecule has 0 fully saturated rings. The highest BCUT2D eigenvalue weighted by atomic mass is 14.3. The Morgan fingerprint density at radius 2 is 1.55 bits per heavy atom. The van der Waals surface area contributed by atoms with E-state index >= 15 is 0 Å². The largest absolute Gasteiger partial charge is 0.198 e. The average molecular weight is 263 g/mol. The summed E-state index contributed by atoms with van der Waals surface area (Å²) < 4.78 is 0. The van der Waals surface area contributed by atoms with E-state index in [1.165, 1.54) is 11.1 Å². The van der Waals surface area contributed by atoms with E-state index in [0.717, 1.165) is 12.0 Å². The van der Waals surface area contributed by atoms with Crippen molar-refractivity contribution in [3.8, 4) is 6.07 Å². The SMILES string of the molecule is CC(C)(C)c1ccc(CC(C#N)c2ccccc2)cc1. The maximum atomic E-state index is 9.37. The molecule has 102 valence electrons. The van der Waals surface area contributed by atoms with Crippen molar-refractivity contribution in [1.29, 1.82) is 5.26 Å². The van der Waals surface area contributed by atoms with E-state index in [-0.39, 0.29) is 11.3 Å². The van der Waals surface area contributed by atoms with Crippen LogP contribution in [0.15, 0.2) is 54.6 Å². The van der Waals surface area contributed by atoms with Crippen LogP contribution in [-0.2, 0) is 11.8 Å². The summed E-state index contributed by atoms with van der Waals surface area (Å²) in [5, 5.41) is 9.37. The topological polar surface area (TPSA) is 23.8 Å². The lowest BCUT2D eigenvalue weighted by Gasteiger charge is -2.19. The number of rotatable bonds is 3. The second-order valence-electron chi connectivity index (χ2n) is 6.24. The van der Waals surface area contributed by atoms with Gasteiger partial charge in [-0.3, -0.25) is 0 Å². The minimum absolute atomic E-state index is 0.0725. The van der Waals surface area contributed by atoms with Crippen LogP contribution in [0, 0.1) is 11.3 Å². The Bertz CT molecular complexity index is 582. The van der Waals surface area contributed by atoms with E-state index in [4.69, 9.17) is 0 Å². The molecule has 0 spiro atoms. The molecule has 1 unspecified atom stereocenters. The molecule has 2 aromatic carbocycles. The third-order valence-corrected chi connectivity index (χ3v) is 3.62. The molecule has 0 amide bonds. The zero-order valence-electron chi connectivity index (χ0n) is 12.4. The van der Waals surface area contributed by atoms with Gasteiger partial charge < -0.3 is 0 Å². The summed E-state index contributed by atoms with van der Waals surface area (Å²) in [6.45, 7) is 6.64.